The Hall–Kier alpha value is -5.53. The molecule has 1 aromatic heterocycles. The van der Waals surface area contributed by atoms with Crippen molar-refractivity contribution in [2.75, 3.05) is 0 Å². The first kappa shape index (κ1) is 23.2. The fourth-order valence-electron chi connectivity index (χ4n) is 6.99. The van der Waals surface area contributed by atoms with Crippen molar-refractivity contribution in [2.24, 2.45) is 0 Å². The Morgan fingerprint density at radius 1 is 0.357 bits per heavy atom. The summed E-state index contributed by atoms with van der Waals surface area (Å²) in [5, 5.41) is 6.28. The van der Waals surface area contributed by atoms with Crippen molar-refractivity contribution in [3.05, 3.63) is 152 Å². The lowest BCUT2D eigenvalue weighted by Crippen LogP contribution is -1.93. The second-order valence-corrected chi connectivity index (χ2v) is 11.1. The van der Waals surface area contributed by atoms with Gasteiger partial charge in [-0.2, -0.15) is 0 Å². The Labute approximate surface area is 244 Å². The van der Waals surface area contributed by atoms with Gasteiger partial charge in [-0.1, -0.05) is 127 Å². The van der Waals surface area contributed by atoms with E-state index in [9.17, 15) is 0 Å². The summed E-state index contributed by atoms with van der Waals surface area (Å²) in [5.74, 6) is 0. The van der Waals surface area contributed by atoms with E-state index in [-0.39, 0.29) is 0 Å². The molecule has 1 heteroatoms. The topological polar surface area (TPSA) is 12.9 Å². The van der Waals surface area contributed by atoms with Gasteiger partial charge in [0.05, 0.1) is 11.2 Å². The summed E-state index contributed by atoms with van der Waals surface area (Å²) in [5.41, 5.74) is 13.4. The molecule has 7 aromatic carbocycles. The highest BCUT2D eigenvalue weighted by Crippen LogP contribution is 2.58. The van der Waals surface area contributed by atoms with Gasteiger partial charge in [0.25, 0.3) is 0 Å². The van der Waals surface area contributed by atoms with Crippen molar-refractivity contribution in [1.82, 2.24) is 4.98 Å². The van der Waals surface area contributed by atoms with Crippen LogP contribution in [0.15, 0.2) is 152 Å². The molecule has 0 amide bonds. The molecule has 0 bridgehead atoms. The largest absolute Gasteiger partial charge is 0.248 e. The quantitative estimate of drug-likeness (QED) is 0.221. The molecule has 0 spiro atoms. The van der Waals surface area contributed by atoms with Crippen LogP contribution in [0.4, 0.5) is 0 Å². The summed E-state index contributed by atoms with van der Waals surface area (Å²) in [6, 6.07) is 54.8. The third kappa shape index (κ3) is 3.34. The number of hydrogen-bond donors (Lipinski definition) is 0. The van der Waals surface area contributed by atoms with Crippen LogP contribution in [0.1, 0.15) is 0 Å². The van der Waals surface area contributed by atoms with Crippen molar-refractivity contribution in [1.29, 1.82) is 0 Å². The molecule has 0 saturated carbocycles. The minimum Gasteiger partial charge on any atom is -0.248 e. The highest BCUT2D eigenvalue weighted by Gasteiger charge is 2.30. The van der Waals surface area contributed by atoms with Gasteiger partial charge in [-0.15, -0.1) is 0 Å². The minimum absolute atomic E-state index is 0.996. The lowest BCUT2D eigenvalue weighted by atomic mass is 9.82. The number of nitrogens with zero attached hydrogens (tertiary/aromatic N) is 1. The molecule has 0 N–H and O–H groups in total. The normalized spacial score (nSPS) is 11.8. The van der Waals surface area contributed by atoms with E-state index in [0.29, 0.717) is 0 Å². The molecule has 8 aromatic rings. The second-order valence-electron chi connectivity index (χ2n) is 11.1. The lowest BCUT2D eigenvalue weighted by Gasteiger charge is -2.20. The maximum atomic E-state index is 5.10. The van der Waals surface area contributed by atoms with E-state index in [1.807, 2.05) is 0 Å². The third-order valence-electron chi connectivity index (χ3n) is 8.75. The molecular formula is C41H25N. The Morgan fingerprint density at radius 2 is 0.952 bits per heavy atom. The average Bonchev–Trinajstić information content (AvgIpc) is 3.39. The smallest absolute Gasteiger partial charge is 0.0710 e. The number of rotatable bonds is 3. The molecule has 0 fully saturated rings. The van der Waals surface area contributed by atoms with E-state index >= 15 is 0 Å². The van der Waals surface area contributed by atoms with Gasteiger partial charge in [0.2, 0.25) is 0 Å². The van der Waals surface area contributed by atoms with E-state index in [1.165, 1.54) is 66.1 Å². The average molecular weight is 532 g/mol. The minimum atomic E-state index is 0.996. The molecule has 1 nitrogen and oxygen atoms in total. The van der Waals surface area contributed by atoms with E-state index in [2.05, 4.69) is 152 Å². The van der Waals surface area contributed by atoms with Crippen LogP contribution in [0.5, 0.6) is 0 Å². The van der Waals surface area contributed by atoms with Gasteiger partial charge < -0.3 is 0 Å². The monoisotopic (exact) mass is 531 g/mol. The number of aromatic nitrogens is 1. The van der Waals surface area contributed by atoms with Crippen LogP contribution in [0.3, 0.4) is 0 Å². The van der Waals surface area contributed by atoms with Crippen molar-refractivity contribution in [2.45, 2.75) is 0 Å². The summed E-state index contributed by atoms with van der Waals surface area (Å²) in [6.07, 6.45) is 0. The van der Waals surface area contributed by atoms with Crippen LogP contribution in [0.25, 0.3) is 88.2 Å². The highest BCUT2D eigenvalue weighted by molar-refractivity contribution is 6.28. The highest BCUT2D eigenvalue weighted by atomic mass is 14.7. The van der Waals surface area contributed by atoms with E-state index in [1.54, 1.807) is 0 Å². The van der Waals surface area contributed by atoms with Gasteiger partial charge in [0.1, 0.15) is 0 Å². The summed E-state index contributed by atoms with van der Waals surface area (Å²) >= 11 is 0. The van der Waals surface area contributed by atoms with Crippen molar-refractivity contribution >= 4 is 32.4 Å². The fraction of sp³-hybridized carbons (Fsp3) is 0. The molecular weight excluding hydrogens is 506 g/mol. The molecule has 0 unspecified atom stereocenters. The number of fused-ring (bicyclic) bond motifs is 5. The summed E-state index contributed by atoms with van der Waals surface area (Å²) in [4.78, 5) is 5.10. The maximum Gasteiger partial charge on any atom is 0.0710 e. The number of hydrogen-bond acceptors (Lipinski definition) is 1. The zero-order chi connectivity index (χ0) is 27.6. The standard InChI is InChI=1S/C41H25N/c1-3-13-27(14-4-1)38-31-18-8-9-19-32(31)39(28-15-5-2-6-16-28)41-34-25-30(24-29-17-11-20-33(37(29)34)40(38)41)36-23-22-26-12-7-10-21-35(26)42-36/h1-25H. The molecule has 0 radical (unpaired) electrons. The summed E-state index contributed by atoms with van der Waals surface area (Å²) in [7, 11) is 0. The molecule has 1 heterocycles. The Balaban J connectivity index is 1.45. The van der Waals surface area contributed by atoms with E-state index < -0.39 is 0 Å². The first-order valence-corrected chi connectivity index (χ1v) is 14.5. The van der Waals surface area contributed by atoms with Crippen molar-refractivity contribution in [3.63, 3.8) is 0 Å². The molecule has 0 atom stereocenters. The Morgan fingerprint density at radius 3 is 1.67 bits per heavy atom. The van der Waals surface area contributed by atoms with Crippen molar-refractivity contribution in [3.8, 4) is 55.8 Å². The van der Waals surface area contributed by atoms with E-state index in [4.69, 9.17) is 4.98 Å². The number of pyridine rings is 1. The Bertz CT molecular complexity index is 2330. The maximum absolute atomic E-state index is 5.10. The predicted molar refractivity (Wildman–Crippen MR) is 177 cm³/mol. The van der Waals surface area contributed by atoms with Gasteiger partial charge in [0.15, 0.2) is 0 Å². The molecule has 0 aliphatic heterocycles. The molecule has 0 saturated heterocycles. The van der Waals surface area contributed by atoms with Gasteiger partial charge in [-0.3, -0.25) is 0 Å². The number of para-hydroxylation sites is 1. The first-order chi connectivity index (χ1) is 20.8. The van der Waals surface area contributed by atoms with Crippen LogP contribution in [0.2, 0.25) is 0 Å². The van der Waals surface area contributed by atoms with Crippen LogP contribution in [-0.2, 0) is 0 Å². The molecule has 1 aliphatic carbocycles. The first-order valence-electron chi connectivity index (χ1n) is 14.5. The molecule has 9 rings (SSSR count). The summed E-state index contributed by atoms with van der Waals surface area (Å²) in [6.45, 7) is 0. The van der Waals surface area contributed by atoms with Crippen LogP contribution >= 0.6 is 0 Å². The van der Waals surface area contributed by atoms with E-state index in [0.717, 1.165) is 22.2 Å². The van der Waals surface area contributed by atoms with Crippen molar-refractivity contribution < 1.29 is 0 Å². The SMILES string of the molecule is c1ccc(-c2c3c(c(-c4ccccc4)c4ccccc24)-c2cc(-c4ccc5ccccc5n4)cc4cccc-3c24)cc1. The fourth-order valence-corrected chi connectivity index (χ4v) is 6.99. The van der Waals surface area contributed by atoms with Gasteiger partial charge in [-0.25, -0.2) is 4.98 Å². The predicted octanol–water partition coefficient (Wildman–Crippen LogP) is 11.2. The van der Waals surface area contributed by atoms with Crippen LogP contribution in [-0.4, -0.2) is 4.98 Å². The number of benzene rings is 7. The van der Waals surface area contributed by atoms with Gasteiger partial charge in [0, 0.05) is 10.9 Å². The van der Waals surface area contributed by atoms with Crippen LogP contribution in [0, 0.1) is 0 Å². The zero-order valence-electron chi connectivity index (χ0n) is 22.9. The third-order valence-corrected chi connectivity index (χ3v) is 8.75. The second kappa shape index (κ2) is 8.99. The zero-order valence-corrected chi connectivity index (χ0v) is 22.9. The van der Waals surface area contributed by atoms with Gasteiger partial charge >= 0.3 is 0 Å². The molecule has 194 valence electrons. The lowest BCUT2D eigenvalue weighted by molar-refractivity contribution is 1.40. The van der Waals surface area contributed by atoms with Crippen LogP contribution < -0.4 is 0 Å². The molecule has 1 aliphatic rings. The summed E-state index contributed by atoms with van der Waals surface area (Å²) < 4.78 is 0. The Kier molecular flexibility index (Phi) is 4.97. The molecule has 42 heavy (non-hydrogen) atoms. The van der Waals surface area contributed by atoms with Gasteiger partial charge in [-0.05, 0) is 90.3 Å².